The molecule has 0 aromatic carbocycles. The fourth-order valence-corrected chi connectivity index (χ4v) is 8.68. The highest BCUT2D eigenvalue weighted by Gasteiger charge is 2.30. The smallest absolute Gasteiger partial charge is 0.393 e. The van der Waals surface area contributed by atoms with Gasteiger partial charge in [0.05, 0.1) is 73.2 Å². The number of carbonyl (C=O) groups is 2. The molecule has 0 fully saturated rings. The van der Waals surface area contributed by atoms with Crippen LogP contribution in [0.25, 0.3) is 0 Å². The molecule has 0 spiro atoms. The van der Waals surface area contributed by atoms with Gasteiger partial charge in [0.2, 0.25) is 0 Å². The van der Waals surface area contributed by atoms with Crippen LogP contribution in [0.15, 0.2) is 162 Å². The minimum Gasteiger partial charge on any atom is -0.393 e. The Balaban J connectivity index is 4.79. The molecule has 15 unspecified atom stereocenters. The van der Waals surface area contributed by atoms with Crippen molar-refractivity contribution in [1.82, 2.24) is 0 Å². The lowest BCUT2D eigenvalue weighted by molar-refractivity contribution is -0.127. The molecule has 15 atom stereocenters. The third kappa shape index (κ3) is 45.6. The Morgan fingerprint density at radius 2 is 0.976 bits per heavy atom. The van der Waals surface area contributed by atoms with Gasteiger partial charge in [0.25, 0.3) is 0 Å². The van der Waals surface area contributed by atoms with Crippen molar-refractivity contribution in [3.63, 3.8) is 0 Å². The van der Waals surface area contributed by atoms with Gasteiger partial charge in [-0.2, -0.15) is 8.42 Å². The van der Waals surface area contributed by atoms with Gasteiger partial charge in [0.15, 0.2) is 11.7 Å². The van der Waals surface area contributed by atoms with Crippen LogP contribution in [0, 0.1) is 17.8 Å². The number of aliphatic hydroxyl groups excluding tert-OH is 11. The second kappa shape index (κ2) is 47.8. The monoisotopic (exact) mass is 1220 g/mol. The van der Waals surface area contributed by atoms with E-state index in [1.807, 2.05) is 43.4 Å². The topological polar surface area (TPSA) is 385 Å². The number of hydrogen-bond acceptors (Lipinski definition) is 17. The lowest BCUT2D eigenvalue weighted by Crippen LogP contribution is -2.32. The van der Waals surface area contributed by atoms with E-state index in [4.69, 9.17) is 15.7 Å². The highest BCUT2D eigenvalue weighted by Crippen LogP contribution is 2.21. The van der Waals surface area contributed by atoms with Crippen molar-refractivity contribution in [1.29, 1.82) is 0 Å². The van der Waals surface area contributed by atoms with Crippen molar-refractivity contribution < 1.29 is 82.9 Å². The maximum Gasteiger partial charge on any atom is 0.397 e. The Kier molecular flexibility index (Phi) is 44.8. The first-order chi connectivity index (χ1) is 40.1. The van der Waals surface area contributed by atoms with E-state index in [0.29, 0.717) is 25.0 Å². The Labute approximate surface area is 504 Å². The average molecular weight is 1220 g/mol. The highest BCUT2D eigenvalue weighted by molar-refractivity contribution is 7.80. The molecule has 0 aromatic heterocycles. The summed E-state index contributed by atoms with van der Waals surface area (Å²) in [4.78, 5) is 28.1. The fourth-order valence-electron chi connectivity index (χ4n) is 8.12. The molecule has 21 heteroatoms. The molecule has 0 aliphatic rings. The van der Waals surface area contributed by atoms with Crippen LogP contribution >= 0.6 is 0 Å². The molecule has 0 radical (unpaired) electrons. The van der Waals surface area contributed by atoms with E-state index in [0.717, 1.165) is 12.8 Å². The van der Waals surface area contributed by atoms with Crippen LogP contribution in [-0.4, -0.2) is 166 Å². The molecule has 0 aliphatic heterocycles. The van der Waals surface area contributed by atoms with Gasteiger partial charge in [-0.15, -0.1) is 0 Å². The van der Waals surface area contributed by atoms with Gasteiger partial charge < -0.3 is 67.6 Å². The van der Waals surface area contributed by atoms with E-state index < -0.39 is 108 Å². The van der Waals surface area contributed by atoms with Crippen LogP contribution in [0.4, 0.5) is 0 Å². The summed E-state index contributed by atoms with van der Waals surface area (Å²) in [5, 5.41) is 114. The molecule has 0 amide bonds. The van der Waals surface area contributed by atoms with E-state index in [1.54, 1.807) is 98.9 Å². The van der Waals surface area contributed by atoms with Crippen molar-refractivity contribution in [3.05, 3.63) is 157 Å². The number of aliphatic imine (C=N–C) groups is 1. The fraction of sp³-hybridized carbons (Fsp3) is 0.547. The molecular formula is C64H101N3O17S. The number of nitrogens with two attached hydrogens (primary N) is 2. The lowest BCUT2D eigenvalue weighted by Gasteiger charge is -2.25. The maximum absolute atomic E-state index is 13.1. The summed E-state index contributed by atoms with van der Waals surface area (Å²) in [7, 11) is -4.95. The van der Waals surface area contributed by atoms with Gasteiger partial charge in [-0.1, -0.05) is 173 Å². The number of unbranched alkanes of at least 4 members (excludes halogenated alkanes) is 1. The quantitative estimate of drug-likeness (QED) is 0.00674. The predicted octanol–water partition coefficient (Wildman–Crippen LogP) is 5.57. The number of hydrogen-bond donors (Lipinski definition) is 14. The molecule has 480 valence electrons. The number of aliphatic hydroxyl groups is 11. The maximum atomic E-state index is 13.1. The van der Waals surface area contributed by atoms with Crippen molar-refractivity contribution in [3.8, 4) is 0 Å². The molecule has 0 aromatic rings. The molecule has 0 aliphatic carbocycles. The number of nitrogens with zero attached hydrogens (tertiary/aromatic N) is 1. The van der Waals surface area contributed by atoms with Crippen molar-refractivity contribution in [2.24, 2.45) is 34.2 Å². The molecule has 0 heterocycles. The summed E-state index contributed by atoms with van der Waals surface area (Å²) in [5.74, 6) is -2.23. The van der Waals surface area contributed by atoms with Crippen LogP contribution in [-0.2, 0) is 24.2 Å². The first kappa shape index (κ1) is 79.7. The summed E-state index contributed by atoms with van der Waals surface area (Å²) in [6, 6.07) is 0. The Morgan fingerprint density at radius 1 is 0.518 bits per heavy atom. The first-order valence-corrected chi connectivity index (χ1v) is 30.4. The Hall–Kier alpha value is -5.34. The predicted molar refractivity (Wildman–Crippen MR) is 334 cm³/mol. The van der Waals surface area contributed by atoms with Crippen LogP contribution < -0.4 is 11.5 Å². The first-order valence-electron chi connectivity index (χ1n) is 29.0. The number of allylic oxidation sites excluding steroid dienone is 17. The van der Waals surface area contributed by atoms with Crippen LogP contribution in [0.2, 0.25) is 0 Å². The van der Waals surface area contributed by atoms with E-state index in [9.17, 15) is 78.7 Å². The van der Waals surface area contributed by atoms with Crippen LogP contribution in [0.1, 0.15) is 125 Å². The number of Topliss-reactive ketones (excluding diaryl/α,β-unsaturated/α-hetero) is 2. The van der Waals surface area contributed by atoms with E-state index in [1.165, 1.54) is 44.2 Å². The van der Waals surface area contributed by atoms with E-state index in [2.05, 4.69) is 4.99 Å². The van der Waals surface area contributed by atoms with Gasteiger partial charge in [0, 0.05) is 50.0 Å². The summed E-state index contributed by atoms with van der Waals surface area (Å²) in [6.07, 6.45) is 32.0. The van der Waals surface area contributed by atoms with Crippen molar-refractivity contribution in [2.75, 3.05) is 6.54 Å². The summed E-state index contributed by atoms with van der Waals surface area (Å²) < 4.78 is 37.4. The summed E-state index contributed by atoms with van der Waals surface area (Å²) >= 11 is 0. The Morgan fingerprint density at radius 3 is 1.51 bits per heavy atom. The van der Waals surface area contributed by atoms with Gasteiger partial charge in [-0.05, 0) is 83.6 Å². The molecule has 0 saturated carbocycles. The second-order valence-corrected chi connectivity index (χ2v) is 22.3. The standard InChI is InChI=1S/C64H101N3O17S/c1-46(50(5)68)28-20-16-12-11-13-17-21-29-47(2)63(80)49(4)60(78)37-22-18-14-9-7-6-8-10-15-19-23-38-62(84-85(81,82)83)48(3)61(79)45-59(77)44-56(74)35-26-31-52(70)40-51(69)30-24-33-54(72)42-58(76)43-55(73)34-25-32-53(71)41-57(75)36-27-39-67-64(65)66/h6-12,14-16,18-26,28-30,34-35,37,47-49,51-60,62-63,69-78,80H,13,17,27,31-33,36,38-45H2,1-5H3,(H4,65,66,67)(H,81,82,83)/b8-6+,9-7+,12-11+,15-10+,18-14+,20-16+,23-19+,29-21+,30-24+,34-25+,35-26+,37-22+,46-28+. The zero-order valence-electron chi connectivity index (χ0n) is 50.1. The number of guanidine groups is 1. The molecule has 0 bridgehead atoms. The van der Waals surface area contributed by atoms with Crippen molar-refractivity contribution in [2.45, 2.75) is 198 Å². The molecule has 85 heavy (non-hydrogen) atoms. The van der Waals surface area contributed by atoms with Gasteiger partial charge >= 0.3 is 10.4 Å². The SMILES string of the molecule is CC(=O)/C(C)=C/C=C/C=C/CC/C=C/C(C)C(O)C(C)C(O)/C=C/C=C/C=C/C=C/C=C/C=C/CC(OS(=O)(=O)O)C(C)C(=O)CC(O)CC(O)/C=C/CC(O)CC(O)/C=C/CC(O)CC(O)CC(O)/C=C/CC(O)CC(O)CCCN=C(N)N. The number of carbonyl (C=O) groups excluding carboxylic acids is 2. The van der Waals surface area contributed by atoms with Crippen LogP contribution in [0.5, 0.6) is 0 Å². The minimum atomic E-state index is -4.95. The molecule has 0 saturated heterocycles. The summed E-state index contributed by atoms with van der Waals surface area (Å²) in [5.41, 5.74) is 11.2. The zero-order chi connectivity index (χ0) is 64.2. The van der Waals surface area contributed by atoms with Crippen LogP contribution in [0.3, 0.4) is 0 Å². The molecular weight excluding hydrogens is 1110 g/mol. The van der Waals surface area contributed by atoms with Crippen molar-refractivity contribution >= 4 is 27.9 Å². The summed E-state index contributed by atoms with van der Waals surface area (Å²) in [6.45, 7) is 8.75. The zero-order valence-corrected chi connectivity index (χ0v) is 50.9. The third-order valence-corrected chi connectivity index (χ3v) is 13.8. The number of rotatable bonds is 47. The Bertz CT molecular complexity index is 2400. The average Bonchev–Trinajstić information content (AvgIpc) is 3.56. The van der Waals surface area contributed by atoms with E-state index in [-0.39, 0.29) is 75.4 Å². The molecule has 16 N–H and O–H groups in total. The third-order valence-electron chi connectivity index (χ3n) is 13.3. The van der Waals surface area contributed by atoms with E-state index >= 15 is 0 Å². The van der Waals surface area contributed by atoms with Gasteiger partial charge in [-0.3, -0.25) is 19.1 Å². The minimum absolute atomic E-state index is 0.0226. The molecule has 20 nitrogen and oxygen atoms in total. The molecule has 0 rings (SSSR count). The normalized spacial score (nSPS) is 19.0. The lowest BCUT2D eigenvalue weighted by atomic mass is 9.88. The van der Waals surface area contributed by atoms with Gasteiger partial charge in [-0.25, -0.2) is 4.18 Å². The highest BCUT2D eigenvalue weighted by atomic mass is 32.3. The van der Waals surface area contributed by atoms with Gasteiger partial charge in [0.1, 0.15) is 5.78 Å². The largest absolute Gasteiger partial charge is 0.397 e. The number of ketones is 2. The second-order valence-electron chi connectivity index (χ2n) is 21.3.